The molecule has 0 aromatic rings. The van der Waals surface area contributed by atoms with Crippen LogP contribution in [0.4, 0.5) is 4.79 Å². The average Bonchev–Trinajstić information content (AvgIpc) is 2.25. The van der Waals surface area contributed by atoms with Gasteiger partial charge in [0.15, 0.2) is 9.84 Å². The van der Waals surface area contributed by atoms with Crippen LogP contribution in [0.25, 0.3) is 0 Å². The van der Waals surface area contributed by atoms with E-state index in [-0.39, 0.29) is 37.0 Å². The molecule has 1 saturated heterocycles. The fourth-order valence-electron chi connectivity index (χ4n) is 2.46. The van der Waals surface area contributed by atoms with Gasteiger partial charge < -0.3 is 15.3 Å². The minimum Gasteiger partial charge on any atom is -0.481 e. The molecule has 0 bridgehead atoms. The zero-order valence-corrected chi connectivity index (χ0v) is 11.4. The summed E-state index contributed by atoms with van der Waals surface area (Å²) >= 11 is 0. The van der Waals surface area contributed by atoms with Crippen LogP contribution in [0.3, 0.4) is 0 Å². The Morgan fingerprint density at radius 3 is 2.21 bits per heavy atom. The molecule has 0 atom stereocenters. The van der Waals surface area contributed by atoms with Gasteiger partial charge in [-0.2, -0.15) is 0 Å². The number of rotatable bonds is 3. The lowest BCUT2D eigenvalue weighted by atomic mass is 9.74. The zero-order chi connectivity index (χ0) is 14.1. The molecule has 2 rings (SSSR count). The molecule has 0 aromatic carbocycles. The van der Waals surface area contributed by atoms with E-state index in [1.165, 1.54) is 4.90 Å². The van der Waals surface area contributed by atoms with Crippen LogP contribution in [0.1, 0.15) is 25.7 Å². The van der Waals surface area contributed by atoms with Crippen molar-refractivity contribution in [2.75, 3.05) is 24.6 Å². The Morgan fingerprint density at radius 1 is 1.21 bits per heavy atom. The predicted octanol–water partition coefficient (Wildman–Crippen LogP) is -0.176. The summed E-state index contributed by atoms with van der Waals surface area (Å²) in [5, 5.41) is 11.6. The Balaban J connectivity index is 1.92. The van der Waals surface area contributed by atoms with Crippen LogP contribution in [0.5, 0.6) is 0 Å². The second kappa shape index (κ2) is 4.99. The molecule has 7 nitrogen and oxygen atoms in total. The molecule has 0 unspecified atom stereocenters. The van der Waals surface area contributed by atoms with Crippen molar-refractivity contribution in [3.63, 3.8) is 0 Å². The number of aliphatic carboxylic acids is 1. The van der Waals surface area contributed by atoms with Crippen molar-refractivity contribution in [3.05, 3.63) is 0 Å². The summed E-state index contributed by atoms with van der Waals surface area (Å²) in [4.78, 5) is 24.3. The van der Waals surface area contributed by atoms with E-state index in [1.54, 1.807) is 0 Å². The molecule has 0 aromatic heterocycles. The van der Waals surface area contributed by atoms with E-state index in [4.69, 9.17) is 5.11 Å². The van der Waals surface area contributed by atoms with Gasteiger partial charge in [-0.15, -0.1) is 0 Å². The van der Waals surface area contributed by atoms with Gasteiger partial charge in [0.25, 0.3) is 0 Å². The second-order valence-electron chi connectivity index (χ2n) is 5.27. The number of carbonyl (C=O) groups is 2. The summed E-state index contributed by atoms with van der Waals surface area (Å²) in [6, 6.07) is -0.351. The highest BCUT2D eigenvalue weighted by Gasteiger charge is 2.41. The number of hydrogen-bond acceptors (Lipinski definition) is 4. The van der Waals surface area contributed by atoms with Crippen molar-refractivity contribution < 1.29 is 23.1 Å². The Kier molecular flexibility index (Phi) is 3.71. The van der Waals surface area contributed by atoms with Crippen molar-refractivity contribution in [3.8, 4) is 0 Å². The summed E-state index contributed by atoms with van der Waals surface area (Å²) in [5.74, 6) is -0.972. The summed E-state index contributed by atoms with van der Waals surface area (Å²) in [6.07, 6.45) is 2.15. The van der Waals surface area contributed by atoms with Crippen molar-refractivity contribution in [1.29, 1.82) is 0 Å². The number of amides is 2. The van der Waals surface area contributed by atoms with Gasteiger partial charge in [-0.3, -0.25) is 4.79 Å². The molecule has 0 spiro atoms. The number of nitrogens with one attached hydrogen (secondary N) is 1. The van der Waals surface area contributed by atoms with Crippen molar-refractivity contribution in [2.45, 2.75) is 31.2 Å². The maximum absolute atomic E-state index is 12.0. The maximum Gasteiger partial charge on any atom is 0.317 e. The third-order valence-corrected chi connectivity index (χ3v) is 5.41. The SMILES string of the molecule is O=C(O)CC1(NC(=O)N2CCS(=O)(=O)CC2)CCC1. The predicted molar refractivity (Wildman–Crippen MR) is 67.6 cm³/mol. The zero-order valence-electron chi connectivity index (χ0n) is 10.6. The van der Waals surface area contributed by atoms with E-state index in [2.05, 4.69) is 5.32 Å². The topological polar surface area (TPSA) is 104 Å². The fourth-order valence-corrected chi connectivity index (χ4v) is 3.66. The quantitative estimate of drug-likeness (QED) is 0.750. The van der Waals surface area contributed by atoms with Crippen molar-refractivity contribution in [2.24, 2.45) is 0 Å². The lowest BCUT2D eigenvalue weighted by Gasteiger charge is -2.43. The number of hydrogen-bond donors (Lipinski definition) is 2. The third-order valence-electron chi connectivity index (χ3n) is 3.80. The molecule has 1 saturated carbocycles. The lowest BCUT2D eigenvalue weighted by Crippen LogP contribution is -2.59. The molecule has 108 valence electrons. The third kappa shape index (κ3) is 3.37. The molecule has 2 amide bonds. The Morgan fingerprint density at radius 2 is 1.79 bits per heavy atom. The van der Waals surface area contributed by atoms with Gasteiger partial charge in [-0.05, 0) is 19.3 Å². The van der Waals surface area contributed by atoms with Crippen molar-refractivity contribution >= 4 is 21.8 Å². The molecule has 1 aliphatic carbocycles. The van der Waals surface area contributed by atoms with Crippen LogP contribution in [0.15, 0.2) is 0 Å². The first-order chi connectivity index (χ1) is 8.82. The number of urea groups is 1. The van der Waals surface area contributed by atoms with E-state index < -0.39 is 21.3 Å². The van der Waals surface area contributed by atoms with E-state index in [1.807, 2.05) is 0 Å². The Labute approximate surface area is 111 Å². The highest BCUT2D eigenvalue weighted by molar-refractivity contribution is 7.91. The van der Waals surface area contributed by atoms with Gasteiger partial charge in [-0.25, -0.2) is 13.2 Å². The number of carbonyl (C=O) groups excluding carboxylic acids is 1. The lowest BCUT2D eigenvalue weighted by molar-refractivity contribution is -0.139. The second-order valence-corrected chi connectivity index (χ2v) is 7.58. The first-order valence-electron chi connectivity index (χ1n) is 6.31. The number of sulfone groups is 1. The molecular formula is C11H18N2O5S. The summed E-state index contributed by atoms with van der Waals surface area (Å²) in [5.41, 5.74) is -0.640. The number of carboxylic acids is 1. The first kappa shape index (κ1) is 14.1. The number of nitrogens with zero attached hydrogens (tertiary/aromatic N) is 1. The minimum atomic E-state index is -3.02. The minimum absolute atomic E-state index is 0.0215. The fraction of sp³-hybridized carbons (Fsp3) is 0.818. The largest absolute Gasteiger partial charge is 0.481 e. The standard InChI is InChI=1S/C11H18N2O5S/c14-9(15)8-11(2-1-3-11)12-10(16)13-4-6-19(17,18)7-5-13/h1-8H2,(H,12,16)(H,14,15). The molecule has 19 heavy (non-hydrogen) atoms. The van der Waals surface area contributed by atoms with E-state index >= 15 is 0 Å². The first-order valence-corrected chi connectivity index (χ1v) is 8.13. The van der Waals surface area contributed by atoms with E-state index in [0.29, 0.717) is 12.8 Å². The van der Waals surface area contributed by atoms with Gasteiger partial charge in [0, 0.05) is 13.1 Å². The van der Waals surface area contributed by atoms with E-state index in [9.17, 15) is 18.0 Å². The van der Waals surface area contributed by atoms with Crippen LogP contribution < -0.4 is 5.32 Å². The smallest absolute Gasteiger partial charge is 0.317 e. The van der Waals surface area contributed by atoms with Crippen LogP contribution in [0.2, 0.25) is 0 Å². The Bertz CT molecular complexity index is 469. The molecule has 2 aliphatic rings. The van der Waals surface area contributed by atoms with Crippen LogP contribution >= 0.6 is 0 Å². The molecule has 0 radical (unpaired) electrons. The normalized spacial score (nSPS) is 24.3. The van der Waals surface area contributed by atoms with Gasteiger partial charge >= 0.3 is 12.0 Å². The highest BCUT2D eigenvalue weighted by Crippen LogP contribution is 2.35. The summed E-state index contributed by atoms with van der Waals surface area (Å²) < 4.78 is 22.6. The van der Waals surface area contributed by atoms with Gasteiger partial charge in [0.2, 0.25) is 0 Å². The Hall–Kier alpha value is -1.31. The van der Waals surface area contributed by atoms with Gasteiger partial charge in [0.1, 0.15) is 0 Å². The molecule has 2 fully saturated rings. The highest BCUT2D eigenvalue weighted by atomic mass is 32.2. The number of carboxylic acid groups (broad SMARTS) is 1. The average molecular weight is 290 g/mol. The molecule has 1 aliphatic heterocycles. The summed E-state index contributed by atoms with van der Waals surface area (Å²) in [6.45, 7) is 0.356. The molecule has 8 heteroatoms. The maximum atomic E-state index is 12.0. The molecular weight excluding hydrogens is 272 g/mol. The van der Waals surface area contributed by atoms with Gasteiger partial charge in [-0.1, -0.05) is 0 Å². The van der Waals surface area contributed by atoms with Crippen molar-refractivity contribution in [1.82, 2.24) is 10.2 Å². The van der Waals surface area contributed by atoms with Gasteiger partial charge in [0.05, 0.1) is 23.5 Å². The summed E-state index contributed by atoms with van der Waals surface area (Å²) in [7, 11) is -3.02. The molecule has 1 heterocycles. The van der Waals surface area contributed by atoms with E-state index in [0.717, 1.165) is 6.42 Å². The van der Waals surface area contributed by atoms with Crippen LogP contribution in [-0.4, -0.2) is 60.6 Å². The molecule has 2 N–H and O–H groups in total. The van der Waals surface area contributed by atoms with Crippen LogP contribution in [0, 0.1) is 0 Å². The monoisotopic (exact) mass is 290 g/mol. The van der Waals surface area contributed by atoms with Crippen LogP contribution in [-0.2, 0) is 14.6 Å².